The molecule has 1 aliphatic rings. The van der Waals surface area contributed by atoms with Crippen molar-refractivity contribution in [1.29, 1.82) is 0 Å². The number of aromatic nitrogens is 1. The molecule has 0 unspecified atom stereocenters. The Labute approximate surface area is 111 Å². The first-order valence-electron chi connectivity index (χ1n) is 6.45. The number of hydrogen-bond acceptors (Lipinski definition) is 2. The molecule has 0 saturated carbocycles. The van der Waals surface area contributed by atoms with Crippen molar-refractivity contribution in [2.24, 2.45) is 0 Å². The van der Waals surface area contributed by atoms with Crippen molar-refractivity contribution < 1.29 is 9.90 Å². The van der Waals surface area contributed by atoms with E-state index in [1.807, 2.05) is 53.4 Å². The van der Waals surface area contributed by atoms with Gasteiger partial charge in [0.15, 0.2) is 0 Å². The number of hydrogen-bond donors (Lipinski definition) is 1. The van der Waals surface area contributed by atoms with Gasteiger partial charge in [0.05, 0.1) is 6.10 Å². The minimum Gasteiger partial charge on any atom is -0.391 e. The standard InChI is InChI=1S/C15H16N2O2/c18-14-7-10-17(11-14)15(19)12-3-5-13(6-4-12)16-8-1-2-9-16/h1-6,8-9,14,18H,7,10-11H2/t14-/m0/s1. The number of carbonyl (C=O) groups excluding carboxylic acids is 1. The van der Waals surface area contributed by atoms with Gasteiger partial charge in [0.2, 0.25) is 0 Å². The molecule has 2 aromatic rings. The number of β-amino-alcohol motifs (C(OH)–C–C–N with tert-alkyl or cyclic N) is 1. The number of likely N-dealkylation sites (tertiary alicyclic amines) is 1. The third kappa shape index (κ3) is 2.39. The molecule has 2 heterocycles. The van der Waals surface area contributed by atoms with Crippen LogP contribution in [-0.4, -0.2) is 39.7 Å². The van der Waals surface area contributed by atoms with Crippen molar-refractivity contribution in [3.63, 3.8) is 0 Å². The summed E-state index contributed by atoms with van der Waals surface area (Å²) in [7, 11) is 0. The van der Waals surface area contributed by atoms with Crippen LogP contribution in [0.4, 0.5) is 0 Å². The van der Waals surface area contributed by atoms with Gasteiger partial charge in [-0.25, -0.2) is 0 Å². The summed E-state index contributed by atoms with van der Waals surface area (Å²) < 4.78 is 1.99. The zero-order valence-electron chi connectivity index (χ0n) is 10.6. The van der Waals surface area contributed by atoms with Crippen LogP contribution in [0.2, 0.25) is 0 Å². The Kier molecular flexibility index (Phi) is 3.09. The van der Waals surface area contributed by atoms with Gasteiger partial charge >= 0.3 is 0 Å². The molecule has 1 saturated heterocycles. The second kappa shape index (κ2) is 4.90. The second-order valence-corrected chi connectivity index (χ2v) is 4.83. The number of aliphatic hydroxyl groups excluding tert-OH is 1. The predicted octanol–water partition coefficient (Wildman–Crippen LogP) is 1.68. The fraction of sp³-hybridized carbons (Fsp3) is 0.267. The van der Waals surface area contributed by atoms with E-state index in [1.165, 1.54) is 0 Å². The number of aliphatic hydroxyl groups is 1. The Bertz CT molecular complexity index is 560. The first-order valence-corrected chi connectivity index (χ1v) is 6.45. The lowest BCUT2D eigenvalue weighted by Gasteiger charge is -2.15. The molecule has 1 fully saturated rings. The maximum atomic E-state index is 12.2. The van der Waals surface area contributed by atoms with E-state index >= 15 is 0 Å². The predicted molar refractivity (Wildman–Crippen MR) is 72.3 cm³/mol. The Morgan fingerprint density at radius 2 is 1.84 bits per heavy atom. The van der Waals surface area contributed by atoms with Crippen molar-refractivity contribution in [1.82, 2.24) is 9.47 Å². The quantitative estimate of drug-likeness (QED) is 0.888. The zero-order valence-corrected chi connectivity index (χ0v) is 10.6. The summed E-state index contributed by atoms with van der Waals surface area (Å²) in [6, 6.07) is 11.5. The molecule has 1 aromatic carbocycles. The number of carbonyl (C=O) groups is 1. The second-order valence-electron chi connectivity index (χ2n) is 4.83. The molecule has 3 rings (SSSR count). The van der Waals surface area contributed by atoms with E-state index in [1.54, 1.807) is 4.90 Å². The highest BCUT2D eigenvalue weighted by atomic mass is 16.3. The number of benzene rings is 1. The van der Waals surface area contributed by atoms with Crippen molar-refractivity contribution >= 4 is 5.91 Å². The van der Waals surface area contributed by atoms with E-state index in [4.69, 9.17) is 0 Å². The first kappa shape index (κ1) is 12.0. The van der Waals surface area contributed by atoms with Gasteiger partial charge in [-0.2, -0.15) is 0 Å². The van der Waals surface area contributed by atoms with E-state index in [9.17, 15) is 9.90 Å². The van der Waals surface area contributed by atoms with Gasteiger partial charge in [-0.05, 0) is 42.8 Å². The largest absolute Gasteiger partial charge is 0.391 e. The van der Waals surface area contributed by atoms with Gasteiger partial charge < -0.3 is 14.6 Å². The van der Waals surface area contributed by atoms with Crippen LogP contribution < -0.4 is 0 Å². The van der Waals surface area contributed by atoms with E-state index in [0.29, 0.717) is 25.1 Å². The molecule has 4 nitrogen and oxygen atoms in total. The number of rotatable bonds is 2. The van der Waals surface area contributed by atoms with E-state index in [0.717, 1.165) is 5.69 Å². The molecule has 0 bridgehead atoms. The maximum absolute atomic E-state index is 12.2. The highest BCUT2D eigenvalue weighted by molar-refractivity contribution is 5.94. The Hall–Kier alpha value is -2.07. The molecule has 0 aliphatic carbocycles. The van der Waals surface area contributed by atoms with E-state index in [-0.39, 0.29) is 12.0 Å². The summed E-state index contributed by atoms with van der Waals surface area (Å²) >= 11 is 0. The van der Waals surface area contributed by atoms with Crippen molar-refractivity contribution in [2.75, 3.05) is 13.1 Å². The third-order valence-electron chi connectivity index (χ3n) is 3.47. The van der Waals surface area contributed by atoms with Gasteiger partial charge in [-0.1, -0.05) is 0 Å². The monoisotopic (exact) mass is 256 g/mol. The van der Waals surface area contributed by atoms with Crippen LogP contribution in [0.25, 0.3) is 5.69 Å². The summed E-state index contributed by atoms with van der Waals surface area (Å²) in [5, 5.41) is 9.47. The van der Waals surface area contributed by atoms with Crippen LogP contribution in [-0.2, 0) is 0 Å². The highest BCUT2D eigenvalue weighted by Crippen LogP contribution is 2.15. The average molecular weight is 256 g/mol. The maximum Gasteiger partial charge on any atom is 0.253 e. The summed E-state index contributed by atoms with van der Waals surface area (Å²) in [6.07, 6.45) is 4.23. The molecular weight excluding hydrogens is 240 g/mol. The van der Waals surface area contributed by atoms with Gasteiger partial charge in [0.25, 0.3) is 5.91 Å². The summed E-state index contributed by atoms with van der Waals surface area (Å²) in [5.41, 5.74) is 1.70. The molecule has 98 valence electrons. The molecule has 1 aliphatic heterocycles. The number of amides is 1. The highest BCUT2D eigenvalue weighted by Gasteiger charge is 2.25. The average Bonchev–Trinajstić information content (AvgIpc) is 3.09. The van der Waals surface area contributed by atoms with E-state index < -0.39 is 0 Å². The Morgan fingerprint density at radius 1 is 1.16 bits per heavy atom. The molecule has 1 atom stereocenters. The lowest BCUT2D eigenvalue weighted by atomic mass is 10.2. The molecule has 0 radical (unpaired) electrons. The van der Waals surface area contributed by atoms with Crippen LogP contribution in [0.15, 0.2) is 48.8 Å². The SMILES string of the molecule is O=C(c1ccc(-n2cccc2)cc1)N1CC[C@H](O)C1. The minimum absolute atomic E-state index is 0.00407. The fourth-order valence-electron chi connectivity index (χ4n) is 2.39. The Morgan fingerprint density at radius 3 is 2.42 bits per heavy atom. The first-order chi connectivity index (χ1) is 9.24. The van der Waals surface area contributed by atoms with Gasteiger partial charge in [-0.15, -0.1) is 0 Å². The van der Waals surface area contributed by atoms with Crippen LogP contribution in [0, 0.1) is 0 Å². The molecule has 1 N–H and O–H groups in total. The molecular formula is C15H16N2O2. The van der Waals surface area contributed by atoms with Gasteiger partial charge in [-0.3, -0.25) is 4.79 Å². The molecule has 4 heteroatoms. The summed E-state index contributed by atoms with van der Waals surface area (Å²) in [5.74, 6) is -0.00407. The van der Waals surface area contributed by atoms with E-state index in [2.05, 4.69) is 0 Å². The van der Waals surface area contributed by atoms with Crippen molar-refractivity contribution in [2.45, 2.75) is 12.5 Å². The third-order valence-corrected chi connectivity index (χ3v) is 3.47. The smallest absolute Gasteiger partial charge is 0.253 e. The molecule has 19 heavy (non-hydrogen) atoms. The lowest BCUT2D eigenvalue weighted by molar-refractivity contribution is 0.0765. The minimum atomic E-state index is -0.372. The van der Waals surface area contributed by atoms with Crippen molar-refractivity contribution in [3.8, 4) is 5.69 Å². The topological polar surface area (TPSA) is 45.5 Å². The fourth-order valence-corrected chi connectivity index (χ4v) is 2.39. The molecule has 0 spiro atoms. The van der Waals surface area contributed by atoms with Crippen LogP contribution in [0.5, 0.6) is 0 Å². The van der Waals surface area contributed by atoms with Crippen LogP contribution in [0.1, 0.15) is 16.8 Å². The van der Waals surface area contributed by atoms with Crippen LogP contribution >= 0.6 is 0 Å². The van der Waals surface area contributed by atoms with Gasteiger partial charge in [0, 0.05) is 36.7 Å². The molecule has 1 aromatic heterocycles. The normalized spacial score (nSPS) is 18.8. The van der Waals surface area contributed by atoms with Crippen molar-refractivity contribution in [3.05, 3.63) is 54.4 Å². The Balaban J connectivity index is 1.77. The number of nitrogens with zero attached hydrogens (tertiary/aromatic N) is 2. The lowest BCUT2D eigenvalue weighted by Crippen LogP contribution is -2.29. The summed E-state index contributed by atoms with van der Waals surface area (Å²) in [6.45, 7) is 1.08. The summed E-state index contributed by atoms with van der Waals surface area (Å²) in [4.78, 5) is 13.9. The van der Waals surface area contributed by atoms with Crippen LogP contribution in [0.3, 0.4) is 0 Å². The molecule has 1 amide bonds. The van der Waals surface area contributed by atoms with Gasteiger partial charge in [0.1, 0.15) is 0 Å². The zero-order chi connectivity index (χ0) is 13.2.